The van der Waals surface area contributed by atoms with E-state index in [1.165, 1.54) is 41.5 Å². The molecule has 1 aliphatic rings. The predicted octanol–water partition coefficient (Wildman–Crippen LogP) is 8.16. The maximum atomic E-state index is 2.38. The van der Waals surface area contributed by atoms with Crippen molar-refractivity contribution >= 4 is 20.8 Å². The van der Waals surface area contributed by atoms with Crippen LogP contribution in [-0.4, -0.2) is 0 Å². The van der Waals surface area contributed by atoms with Gasteiger partial charge in [0.1, 0.15) is 0 Å². The minimum atomic E-state index is -1.53. The second-order valence-electron chi connectivity index (χ2n) is 7.39. The zero-order valence-electron chi connectivity index (χ0n) is 16.0. The highest BCUT2D eigenvalue weighted by Gasteiger charge is 2.42. The van der Waals surface area contributed by atoms with Crippen molar-refractivity contribution in [1.82, 2.24) is 0 Å². The zero-order chi connectivity index (χ0) is 19.3. The Balaban J connectivity index is 1.85. The van der Waals surface area contributed by atoms with Crippen LogP contribution in [0.3, 0.4) is 0 Å². The molecule has 1 heterocycles. The first kappa shape index (κ1) is 16.6. The molecule has 1 heteroatoms. The second-order valence-corrected chi connectivity index (χ2v) is 10.4. The molecule has 0 spiro atoms. The van der Waals surface area contributed by atoms with E-state index in [0.717, 1.165) is 0 Å². The summed E-state index contributed by atoms with van der Waals surface area (Å²) in [5, 5.41) is 2.65. The summed E-state index contributed by atoms with van der Waals surface area (Å²) in [4.78, 5) is 5.69. The lowest BCUT2D eigenvalue weighted by Gasteiger charge is -2.39. The fourth-order valence-corrected chi connectivity index (χ4v) is 8.97. The van der Waals surface area contributed by atoms with Crippen molar-refractivity contribution < 1.29 is 0 Å². The summed E-state index contributed by atoms with van der Waals surface area (Å²) in [5.41, 5.74) is 2.78. The van der Waals surface area contributed by atoms with Crippen LogP contribution in [0.2, 0.25) is 0 Å². The van der Waals surface area contributed by atoms with Gasteiger partial charge >= 0.3 is 0 Å². The van der Waals surface area contributed by atoms with Gasteiger partial charge in [-0.25, -0.2) is 0 Å². The molecular formula is C28H20S. The summed E-state index contributed by atoms with van der Waals surface area (Å²) in [5.74, 6) is 0. The highest BCUT2D eigenvalue weighted by molar-refractivity contribution is 8.34. The van der Waals surface area contributed by atoms with E-state index in [1.54, 1.807) is 0 Å². The molecule has 5 aromatic rings. The van der Waals surface area contributed by atoms with Gasteiger partial charge in [0, 0.05) is 25.1 Å². The van der Waals surface area contributed by atoms with Crippen molar-refractivity contribution in [3.05, 3.63) is 121 Å². The third kappa shape index (κ3) is 2.22. The molecule has 0 bridgehead atoms. The standard InChI is InChI=1S/C28H20S/c1-3-12-22(13-4-1)29(23-14-5-2-6-15-23)26-18-10-9-17-25(26)28-24-16-8-7-11-21(24)19-20-27(28)29/h1-20H. The molecule has 0 amide bonds. The molecule has 29 heavy (non-hydrogen) atoms. The Morgan fingerprint density at radius 3 is 1.72 bits per heavy atom. The minimum absolute atomic E-state index is 1.30. The Morgan fingerprint density at radius 1 is 0.414 bits per heavy atom. The minimum Gasteiger partial charge on any atom is -0.132 e. The van der Waals surface area contributed by atoms with Gasteiger partial charge in [-0.15, -0.1) is 10.0 Å². The maximum absolute atomic E-state index is 2.38. The van der Waals surface area contributed by atoms with Crippen LogP contribution in [0.25, 0.3) is 21.9 Å². The van der Waals surface area contributed by atoms with Gasteiger partial charge in [0.05, 0.1) is 0 Å². The van der Waals surface area contributed by atoms with Crippen molar-refractivity contribution in [3.63, 3.8) is 0 Å². The van der Waals surface area contributed by atoms with Gasteiger partial charge in [0.25, 0.3) is 0 Å². The van der Waals surface area contributed by atoms with Gasteiger partial charge in [0.15, 0.2) is 0 Å². The molecule has 0 fully saturated rings. The molecule has 0 N–H and O–H groups in total. The average molecular weight is 389 g/mol. The molecule has 5 aromatic carbocycles. The number of hydrogen-bond donors (Lipinski definition) is 0. The molecule has 6 rings (SSSR count). The van der Waals surface area contributed by atoms with Crippen molar-refractivity contribution in [1.29, 1.82) is 0 Å². The van der Waals surface area contributed by atoms with E-state index in [-0.39, 0.29) is 0 Å². The van der Waals surface area contributed by atoms with E-state index in [1.807, 2.05) is 0 Å². The van der Waals surface area contributed by atoms with Crippen LogP contribution in [-0.2, 0) is 0 Å². The van der Waals surface area contributed by atoms with E-state index in [2.05, 4.69) is 121 Å². The third-order valence-electron chi connectivity index (χ3n) is 5.90. The molecule has 0 nitrogen and oxygen atoms in total. The third-order valence-corrected chi connectivity index (χ3v) is 9.87. The Labute approximate surface area is 172 Å². The van der Waals surface area contributed by atoms with Gasteiger partial charge in [-0.05, 0) is 52.7 Å². The Kier molecular flexibility index (Phi) is 3.65. The smallest absolute Gasteiger partial charge is 0.0109 e. The number of fused-ring (bicyclic) bond motifs is 5. The summed E-state index contributed by atoms with van der Waals surface area (Å²) in [6.07, 6.45) is 0. The van der Waals surface area contributed by atoms with Crippen molar-refractivity contribution in [3.8, 4) is 11.1 Å². The summed E-state index contributed by atoms with van der Waals surface area (Å²) in [7, 11) is -1.53. The fourth-order valence-electron chi connectivity index (χ4n) is 4.74. The SMILES string of the molecule is c1ccc(S2(c3ccccc3)c3ccccc3-c3c2ccc2ccccc32)cc1. The zero-order valence-corrected chi connectivity index (χ0v) is 16.8. The van der Waals surface area contributed by atoms with E-state index in [4.69, 9.17) is 0 Å². The first-order chi connectivity index (χ1) is 14.4. The van der Waals surface area contributed by atoms with Crippen molar-refractivity contribution in [2.75, 3.05) is 0 Å². The number of benzene rings is 5. The molecule has 0 atom stereocenters. The van der Waals surface area contributed by atoms with Crippen molar-refractivity contribution in [2.24, 2.45) is 0 Å². The van der Waals surface area contributed by atoms with Gasteiger partial charge < -0.3 is 0 Å². The van der Waals surface area contributed by atoms with Crippen molar-refractivity contribution in [2.45, 2.75) is 19.6 Å². The van der Waals surface area contributed by atoms with Gasteiger partial charge in [-0.2, -0.15) is 0 Å². The summed E-state index contributed by atoms with van der Waals surface area (Å²) in [6.45, 7) is 0. The van der Waals surface area contributed by atoms with Crippen LogP contribution in [0.5, 0.6) is 0 Å². The molecule has 0 radical (unpaired) electrons. The van der Waals surface area contributed by atoms with Crippen LogP contribution in [0.1, 0.15) is 0 Å². The molecule has 0 saturated heterocycles. The lowest BCUT2D eigenvalue weighted by molar-refractivity contribution is 1.29. The first-order valence-electron chi connectivity index (χ1n) is 9.95. The average Bonchev–Trinajstić information content (AvgIpc) is 3.12. The topological polar surface area (TPSA) is 0 Å². The number of rotatable bonds is 2. The fraction of sp³-hybridized carbons (Fsp3) is 0. The molecular weight excluding hydrogens is 368 g/mol. The van der Waals surface area contributed by atoms with Crippen LogP contribution in [0.15, 0.2) is 141 Å². The summed E-state index contributed by atoms with van der Waals surface area (Å²) < 4.78 is 0. The van der Waals surface area contributed by atoms with Gasteiger partial charge in [-0.1, -0.05) is 84.9 Å². The molecule has 0 aromatic heterocycles. The molecule has 138 valence electrons. The molecule has 1 aliphatic heterocycles. The van der Waals surface area contributed by atoms with E-state index in [0.29, 0.717) is 0 Å². The van der Waals surface area contributed by atoms with Crippen LogP contribution >= 0.6 is 10.0 Å². The van der Waals surface area contributed by atoms with E-state index >= 15 is 0 Å². The Bertz CT molecular complexity index is 1300. The molecule has 0 saturated carbocycles. The molecule has 0 aliphatic carbocycles. The van der Waals surface area contributed by atoms with Crippen LogP contribution < -0.4 is 0 Å². The highest BCUT2D eigenvalue weighted by Crippen LogP contribution is 2.80. The monoisotopic (exact) mass is 388 g/mol. The van der Waals surface area contributed by atoms with Gasteiger partial charge in [0.2, 0.25) is 0 Å². The maximum Gasteiger partial charge on any atom is 0.0109 e. The normalized spacial score (nSPS) is 14.9. The summed E-state index contributed by atoms with van der Waals surface area (Å²) >= 11 is 0. The lowest BCUT2D eigenvalue weighted by Crippen LogP contribution is -2.01. The second kappa shape index (κ2) is 6.37. The lowest BCUT2D eigenvalue weighted by atomic mass is 9.98. The van der Waals surface area contributed by atoms with Crippen LogP contribution in [0, 0.1) is 0 Å². The number of hydrogen-bond acceptors (Lipinski definition) is 0. The molecule has 0 unspecified atom stereocenters. The van der Waals surface area contributed by atoms with E-state index < -0.39 is 10.0 Å². The summed E-state index contributed by atoms with van der Waals surface area (Å²) in [6, 6.07) is 44.7. The Hall–Kier alpha value is -3.29. The Morgan fingerprint density at radius 2 is 1.00 bits per heavy atom. The predicted molar refractivity (Wildman–Crippen MR) is 123 cm³/mol. The first-order valence-corrected chi connectivity index (χ1v) is 11.6. The largest absolute Gasteiger partial charge is 0.132 e. The van der Waals surface area contributed by atoms with Gasteiger partial charge in [-0.3, -0.25) is 0 Å². The van der Waals surface area contributed by atoms with Crippen LogP contribution in [0.4, 0.5) is 0 Å². The quantitative estimate of drug-likeness (QED) is 0.281. The highest BCUT2D eigenvalue weighted by atomic mass is 32.3. The van der Waals surface area contributed by atoms with E-state index in [9.17, 15) is 0 Å².